The number of rotatable bonds is 5. The molecule has 0 atom stereocenters. The zero-order valence-electron chi connectivity index (χ0n) is 16.6. The fourth-order valence-electron chi connectivity index (χ4n) is 3.36. The van der Waals surface area contributed by atoms with Crippen LogP contribution >= 0.6 is 0 Å². The van der Waals surface area contributed by atoms with Crippen LogP contribution in [0.3, 0.4) is 0 Å². The lowest BCUT2D eigenvalue weighted by Gasteiger charge is -2.16. The summed E-state index contributed by atoms with van der Waals surface area (Å²) in [5.41, 5.74) is 6.13. The van der Waals surface area contributed by atoms with E-state index in [1.54, 1.807) is 19.9 Å². The molecular weight excluding hydrogens is 352 g/mol. The summed E-state index contributed by atoms with van der Waals surface area (Å²) in [6, 6.07) is 9.41. The van der Waals surface area contributed by atoms with Crippen molar-refractivity contribution in [1.82, 2.24) is 0 Å². The van der Waals surface area contributed by atoms with Crippen molar-refractivity contribution in [3.63, 3.8) is 0 Å². The Labute approximate surface area is 165 Å². The van der Waals surface area contributed by atoms with Gasteiger partial charge >= 0.3 is 11.9 Å². The monoisotopic (exact) mass is 376 g/mol. The van der Waals surface area contributed by atoms with E-state index >= 15 is 0 Å². The molecular formula is C24H24O4. The summed E-state index contributed by atoms with van der Waals surface area (Å²) in [6.45, 7) is 12.5. The molecule has 4 nitrogen and oxygen atoms in total. The van der Waals surface area contributed by atoms with Crippen molar-refractivity contribution in [2.45, 2.75) is 40.0 Å². The van der Waals surface area contributed by atoms with E-state index in [1.807, 2.05) is 31.2 Å². The number of ether oxygens (including phenoxy) is 2. The third kappa shape index (κ3) is 3.91. The molecule has 0 radical (unpaired) electrons. The van der Waals surface area contributed by atoms with Crippen LogP contribution in [0.15, 0.2) is 54.6 Å². The van der Waals surface area contributed by atoms with Crippen LogP contribution in [-0.4, -0.2) is 11.9 Å². The van der Waals surface area contributed by atoms with Gasteiger partial charge in [0, 0.05) is 11.1 Å². The van der Waals surface area contributed by atoms with Gasteiger partial charge in [0.1, 0.15) is 11.5 Å². The van der Waals surface area contributed by atoms with Crippen LogP contribution in [0.2, 0.25) is 0 Å². The summed E-state index contributed by atoms with van der Waals surface area (Å²) < 4.78 is 10.9. The summed E-state index contributed by atoms with van der Waals surface area (Å²) in [6.07, 6.45) is 2.79. The van der Waals surface area contributed by atoms with Crippen molar-refractivity contribution in [3.05, 3.63) is 71.3 Å². The van der Waals surface area contributed by atoms with Crippen LogP contribution in [0.25, 0.3) is 11.1 Å². The van der Waals surface area contributed by atoms with Crippen molar-refractivity contribution in [2.75, 3.05) is 0 Å². The molecule has 3 rings (SSSR count). The maximum Gasteiger partial charge on any atom is 0.338 e. The molecule has 0 saturated carbocycles. The first-order chi connectivity index (χ1) is 13.3. The van der Waals surface area contributed by atoms with Gasteiger partial charge in [-0.25, -0.2) is 9.59 Å². The number of hydrogen-bond donors (Lipinski definition) is 0. The molecule has 1 aliphatic carbocycles. The fraction of sp³-hybridized carbons (Fsp3) is 0.250. The van der Waals surface area contributed by atoms with Gasteiger partial charge in [0.25, 0.3) is 0 Å². The number of esters is 2. The Morgan fingerprint density at radius 3 is 2.18 bits per heavy atom. The molecule has 0 bridgehead atoms. The molecule has 0 spiro atoms. The first-order valence-corrected chi connectivity index (χ1v) is 9.29. The molecule has 0 saturated heterocycles. The number of benzene rings is 2. The van der Waals surface area contributed by atoms with Crippen LogP contribution in [-0.2, 0) is 22.4 Å². The van der Waals surface area contributed by atoms with E-state index in [-0.39, 0.29) is 0 Å². The highest BCUT2D eigenvalue weighted by molar-refractivity contribution is 5.90. The predicted octanol–water partition coefficient (Wildman–Crippen LogP) is 5.11. The van der Waals surface area contributed by atoms with Gasteiger partial charge in [-0.3, -0.25) is 0 Å². The quantitative estimate of drug-likeness (QED) is 0.413. The molecule has 0 aliphatic heterocycles. The summed E-state index contributed by atoms with van der Waals surface area (Å²) in [5.74, 6) is 0.235. The molecule has 4 heteroatoms. The summed E-state index contributed by atoms with van der Waals surface area (Å²) in [7, 11) is 0. The zero-order chi connectivity index (χ0) is 20.4. The van der Waals surface area contributed by atoms with E-state index in [0.717, 1.165) is 41.5 Å². The largest absolute Gasteiger partial charge is 0.423 e. The van der Waals surface area contributed by atoms with E-state index in [9.17, 15) is 9.59 Å². The highest BCUT2D eigenvalue weighted by atomic mass is 16.5. The molecule has 0 N–H and O–H groups in total. The van der Waals surface area contributed by atoms with Gasteiger partial charge in [-0.15, -0.1) is 0 Å². The van der Waals surface area contributed by atoms with Crippen LogP contribution in [0, 0.1) is 6.92 Å². The maximum atomic E-state index is 11.9. The van der Waals surface area contributed by atoms with Crippen molar-refractivity contribution in [2.24, 2.45) is 0 Å². The molecule has 0 aromatic heterocycles. The molecule has 2 aromatic carbocycles. The molecule has 144 valence electrons. The minimum atomic E-state index is -0.443. The minimum Gasteiger partial charge on any atom is -0.423 e. The van der Waals surface area contributed by atoms with Gasteiger partial charge in [-0.2, -0.15) is 0 Å². The zero-order valence-corrected chi connectivity index (χ0v) is 16.6. The van der Waals surface area contributed by atoms with E-state index < -0.39 is 11.9 Å². The fourth-order valence-corrected chi connectivity index (χ4v) is 3.36. The maximum absolute atomic E-state index is 11.9. The highest BCUT2D eigenvalue weighted by Gasteiger charge is 2.23. The second-order valence-corrected chi connectivity index (χ2v) is 7.24. The van der Waals surface area contributed by atoms with Gasteiger partial charge in [0.2, 0.25) is 0 Å². The summed E-state index contributed by atoms with van der Waals surface area (Å²) >= 11 is 0. The standard InChI is InChI=1S/C24H24O4/c1-14(2)23(25)27-17-10-9-16(5)21(13-17)19-11-12-22(28-24(26)15(3)4)20-8-6-7-18(19)20/h9-13H,1,3,6-8H2,2,4-5H3. The summed E-state index contributed by atoms with van der Waals surface area (Å²) in [5, 5.41) is 0. The first-order valence-electron chi connectivity index (χ1n) is 9.29. The van der Waals surface area contributed by atoms with Gasteiger partial charge in [0.15, 0.2) is 0 Å². The molecule has 2 aromatic rings. The Bertz CT molecular complexity index is 998. The van der Waals surface area contributed by atoms with Gasteiger partial charge < -0.3 is 9.47 Å². The summed E-state index contributed by atoms with van der Waals surface area (Å²) in [4.78, 5) is 23.8. The Kier molecular flexibility index (Phi) is 5.50. The second kappa shape index (κ2) is 7.85. The molecule has 28 heavy (non-hydrogen) atoms. The molecule has 0 heterocycles. The van der Waals surface area contributed by atoms with Crippen molar-refractivity contribution in [3.8, 4) is 22.6 Å². The third-order valence-electron chi connectivity index (χ3n) is 4.85. The SMILES string of the molecule is C=C(C)C(=O)Oc1ccc(C)c(-c2ccc(OC(=O)C(=C)C)c3c2CCC3)c1. The van der Waals surface area contributed by atoms with Crippen molar-refractivity contribution < 1.29 is 19.1 Å². The molecule has 1 aliphatic rings. The average Bonchev–Trinajstić information content (AvgIpc) is 3.13. The Balaban J connectivity index is 2.02. The number of carbonyl (C=O) groups is 2. The van der Waals surface area contributed by atoms with Crippen molar-refractivity contribution >= 4 is 11.9 Å². The normalized spacial score (nSPS) is 12.2. The van der Waals surface area contributed by atoms with Crippen LogP contribution < -0.4 is 9.47 Å². The molecule has 0 unspecified atom stereocenters. The van der Waals surface area contributed by atoms with Gasteiger partial charge in [-0.1, -0.05) is 25.3 Å². The van der Waals surface area contributed by atoms with E-state index in [2.05, 4.69) is 13.2 Å². The first kappa shape index (κ1) is 19.6. The Hall–Kier alpha value is -3.14. The van der Waals surface area contributed by atoms with Crippen molar-refractivity contribution in [1.29, 1.82) is 0 Å². The minimum absolute atomic E-state index is 0.353. The second-order valence-electron chi connectivity index (χ2n) is 7.24. The predicted molar refractivity (Wildman–Crippen MR) is 110 cm³/mol. The van der Waals surface area contributed by atoms with E-state index in [4.69, 9.17) is 9.47 Å². The lowest BCUT2D eigenvalue weighted by Crippen LogP contribution is -2.10. The Morgan fingerprint density at radius 1 is 0.857 bits per heavy atom. The Morgan fingerprint density at radius 2 is 1.50 bits per heavy atom. The third-order valence-corrected chi connectivity index (χ3v) is 4.85. The molecule has 0 fully saturated rings. The molecule has 0 amide bonds. The van der Waals surface area contributed by atoms with Crippen LogP contribution in [0.1, 0.15) is 37.0 Å². The van der Waals surface area contributed by atoms with Crippen LogP contribution in [0.4, 0.5) is 0 Å². The van der Waals surface area contributed by atoms with E-state index in [1.165, 1.54) is 5.56 Å². The number of carbonyl (C=O) groups excluding carboxylic acids is 2. The smallest absolute Gasteiger partial charge is 0.338 e. The topological polar surface area (TPSA) is 52.6 Å². The van der Waals surface area contributed by atoms with Crippen LogP contribution in [0.5, 0.6) is 11.5 Å². The lowest BCUT2D eigenvalue weighted by molar-refractivity contribution is -0.131. The average molecular weight is 376 g/mol. The number of hydrogen-bond acceptors (Lipinski definition) is 4. The number of fused-ring (bicyclic) bond motifs is 1. The van der Waals surface area contributed by atoms with Gasteiger partial charge in [0.05, 0.1) is 0 Å². The highest BCUT2D eigenvalue weighted by Crippen LogP contribution is 2.40. The van der Waals surface area contributed by atoms with E-state index in [0.29, 0.717) is 22.6 Å². The number of aryl methyl sites for hydroxylation is 1. The lowest BCUT2D eigenvalue weighted by atomic mass is 9.93. The van der Waals surface area contributed by atoms with Gasteiger partial charge in [-0.05, 0) is 86.1 Å².